The first-order valence-corrected chi connectivity index (χ1v) is 9.58. The highest BCUT2D eigenvalue weighted by Crippen LogP contribution is 2.29. The zero-order valence-electron chi connectivity index (χ0n) is 15.5. The van der Waals surface area contributed by atoms with E-state index in [0.29, 0.717) is 0 Å². The summed E-state index contributed by atoms with van der Waals surface area (Å²) >= 11 is 0. The van der Waals surface area contributed by atoms with E-state index < -0.39 is 0 Å². The van der Waals surface area contributed by atoms with E-state index in [2.05, 4.69) is 22.0 Å². The minimum absolute atomic E-state index is 0.174. The van der Waals surface area contributed by atoms with Crippen LogP contribution in [0.2, 0.25) is 0 Å². The van der Waals surface area contributed by atoms with Crippen molar-refractivity contribution in [2.24, 2.45) is 0 Å². The van der Waals surface area contributed by atoms with Gasteiger partial charge in [0.05, 0.1) is 0 Å². The molecule has 4 aromatic rings. The molecule has 3 nitrogen and oxygen atoms in total. The maximum Gasteiger partial charge on any atom is 0.127 e. The number of rotatable bonds is 4. The second-order valence-corrected chi connectivity index (χ2v) is 7.30. The number of nitrogens with one attached hydrogen (secondary N) is 1. The molecule has 1 aromatic heterocycles. The molecule has 0 bridgehead atoms. The molecule has 3 aromatic carbocycles. The van der Waals surface area contributed by atoms with Crippen LogP contribution in [-0.2, 0) is 19.5 Å². The van der Waals surface area contributed by atoms with Gasteiger partial charge in [0.2, 0.25) is 0 Å². The summed E-state index contributed by atoms with van der Waals surface area (Å²) in [5, 5.41) is 1.02. The van der Waals surface area contributed by atoms with Crippen LogP contribution in [0.4, 0.5) is 4.39 Å². The molecule has 5 rings (SSSR count). The number of fused-ring (bicyclic) bond motifs is 3. The number of halogens is 1. The predicted octanol–water partition coefficient (Wildman–Crippen LogP) is 5.66. The number of hydrogen-bond donors (Lipinski definition) is 1. The van der Waals surface area contributed by atoms with Crippen molar-refractivity contribution in [3.05, 3.63) is 95.4 Å². The SMILES string of the molecule is Fc1ccc2[nH]c3c(c2c1)CCN(Cc1cccc(Oc2ccccc2)c1)C3. The molecule has 0 saturated carbocycles. The Morgan fingerprint density at radius 2 is 1.79 bits per heavy atom. The fourth-order valence-electron chi connectivity index (χ4n) is 3.99. The highest BCUT2D eigenvalue weighted by atomic mass is 19.1. The highest BCUT2D eigenvalue weighted by Gasteiger charge is 2.21. The van der Waals surface area contributed by atoms with Crippen LogP contribution in [0.15, 0.2) is 72.8 Å². The molecule has 4 heteroatoms. The molecule has 1 N–H and O–H groups in total. The van der Waals surface area contributed by atoms with Crippen LogP contribution < -0.4 is 4.74 Å². The number of benzene rings is 3. The van der Waals surface area contributed by atoms with Crippen LogP contribution in [-0.4, -0.2) is 16.4 Å². The summed E-state index contributed by atoms with van der Waals surface area (Å²) in [5.74, 6) is 1.52. The van der Waals surface area contributed by atoms with Crippen molar-refractivity contribution in [3.8, 4) is 11.5 Å². The third kappa shape index (κ3) is 3.39. The zero-order valence-corrected chi connectivity index (χ0v) is 15.5. The third-order valence-electron chi connectivity index (χ3n) is 5.30. The summed E-state index contributed by atoms with van der Waals surface area (Å²) in [6, 6.07) is 23.1. The number of H-pyrrole nitrogens is 1. The Balaban J connectivity index is 1.32. The second-order valence-electron chi connectivity index (χ2n) is 7.30. The lowest BCUT2D eigenvalue weighted by Gasteiger charge is -2.27. The quantitative estimate of drug-likeness (QED) is 0.501. The molecule has 2 heterocycles. The third-order valence-corrected chi connectivity index (χ3v) is 5.30. The van der Waals surface area contributed by atoms with Gasteiger partial charge in [-0.3, -0.25) is 4.90 Å². The lowest BCUT2D eigenvalue weighted by molar-refractivity contribution is 0.243. The molecule has 0 aliphatic carbocycles. The van der Waals surface area contributed by atoms with Crippen LogP contribution in [0.5, 0.6) is 11.5 Å². The Labute approximate surface area is 163 Å². The van der Waals surface area contributed by atoms with Gasteiger partial charge < -0.3 is 9.72 Å². The number of aromatic nitrogens is 1. The maximum atomic E-state index is 13.6. The van der Waals surface area contributed by atoms with E-state index in [1.54, 1.807) is 6.07 Å². The van der Waals surface area contributed by atoms with Gasteiger partial charge in [-0.15, -0.1) is 0 Å². The lowest BCUT2D eigenvalue weighted by atomic mass is 10.0. The van der Waals surface area contributed by atoms with Crippen molar-refractivity contribution in [2.75, 3.05) is 6.54 Å². The van der Waals surface area contributed by atoms with Crippen molar-refractivity contribution in [3.63, 3.8) is 0 Å². The summed E-state index contributed by atoms with van der Waals surface area (Å²) in [5.41, 5.74) is 4.70. The zero-order chi connectivity index (χ0) is 18.9. The van der Waals surface area contributed by atoms with E-state index in [0.717, 1.165) is 48.5 Å². The summed E-state index contributed by atoms with van der Waals surface area (Å²) in [6.07, 6.45) is 0.930. The number of para-hydroxylation sites is 1. The van der Waals surface area contributed by atoms with E-state index in [1.165, 1.54) is 22.9 Å². The van der Waals surface area contributed by atoms with E-state index >= 15 is 0 Å². The predicted molar refractivity (Wildman–Crippen MR) is 109 cm³/mol. The first kappa shape index (κ1) is 17.0. The summed E-state index contributed by atoms with van der Waals surface area (Å²) in [6.45, 7) is 2.66. The molecule has 0 radical (unpaired) electrons. The number of aromatic amines is 1. The molecule has 0 amide bonds. The van der Waals surface area contributed by atoms with Gasteiger partial charge in [0.1, 0.15) is 17.3 Å². The van der Waals surface area contributed by atoms with Gasteiger partial charge in [-0.25, -0.2) is 4.39 Å². The number of ether oxygens (including phenoxy) is 1. The van der Waals surface area contributed by atoms with Crippen molar-refractivity contribution in [1.82, 2.24) is 9.88 Å². The molecule has 0 fully saturated rings. The Morgan fingerprint density at radius 1 is 0.929 bits per heavy atom. The van der Waals surface area contributed by atoms with E-state index in [4.69, 9.17) is 4.74 Å². The molecular formula is C24H21FN2O. The minimum Gasteiger partial charge on any atom is -0.457 e. The monoisotopic (exact) mass is 372 g/mol. The molecule has 0 atom stereocenters. The molecule has 0 saturated heterocycles. The summed E-state index contributed by atoms with van der Waals surface area (Å²) in [7, 11) is 0. The largest absolute Gasteiger partial charge is 0.457 e. The minimum atomic E-state index is -0.174. The molecule has 1 aliphatic heterocycles. The highest BCUT2D eigenvalue weighted by molar-refractivity contribution is 5.85. The fraction of sp³-hybridized carbons (Fsp3) is 0.167. The van der Waals surface area contributed by atoms with Gasteiger partial charge in [0, 0.05) is 36.2 Å². The standard InChI is InChI=1S/C24H21FN2O/c25-18-9-10-23-22(14-18)21-11-12-27(16-24(21)26-23)15-17-5-4-8-20(13-17)28-19-6-2-1-3-7-19/h1-10,13-14,26H,11-12,15-16H2. The smallest absolute Gasteiger partial charge is 0.127 e. The number of hydrogen-bond acceptors (Lipinski definition) is 2. The average molecular weight is 372 g/mol. The molecule has 0 spiro atoms. The van der Waals surface area contributed by atoms with Crippen LogP contribution >= 0.6 is 0 Å². The molecular weight excluding hydrogens is 351 g/mol. The molecule has 140 valence electrons. The van der Waals surface area contributed by atoms with Gasteiger partial charge in [-0.05, 0) is 60.0 Å². The Morgan fingerprint density at radius 3 is 2.68 bits per heavy atom. The van der Waals surface area contributed by atoms with Gasteiger partial charge in [0.15, 0.2) is 0 Å². The van der Waals surface area contributed by atoms with Crippen molar-refractivity contribution in [1.29, 1.82) is 0 Å². The first-order valence-electron chi connectivity index (χ1n) is 9.58. The van der Waals surface area contributed by atoms with Crippen LogP contribution in [0.1, 0.15) is 16.8 Å². The van der Waals surface area contributed by atoms with Gasteiger partial charge in [-0.1, -0.05) is 30.3 Å². The second kappa shape index (κ2) is 7.13. The van der Waals surface area contributed by atoms with E-state index in [1.807, 2.05) is 48.5 Å². The lowest BCUT2D eigenvalue weighted by Crippen LogP contribution is -2.29. The van der Waals surface area contributed by atoms with Gasteiger partial charge in [0.25, 0.3) is 0 Å². The van der Waals surface area contributed by atoms with E-state index in [-0.39, 0.29) is 5.82 Å². The van der Waals surface area contributed by atoms with Crippen molar-refractivity contribution < 1.29 is 9.13 Å². The number of nitrogens with zero attached hydrogens (tertiary/aromatic N) is 1. The van der Waals surface area contributed by atoms with Crippen molar-refractivity contribution >= 4 is 10.9 Å². The average Bonchev–Trinajstić information content (AvgIpc) is 3.06. The van der Waals surface area contributed by atoms with E-state index in [9.17, 15) is 4.39 Å². The summed E-state index contributed by atoms with van der Waals surface area (Å²) in [4.78, 5) is 5.88. The van der Waals surface area contributed by atoms with Gasteiger partial charge >= 0.3 is 0 Å². The fourth-order valence-corrected chi connectivity index (χ4v) is 3.99. The first-order chi connectivity index (χ1) is 13.7. The Hall–Kier alpha value is -3.11. The molecule has 28 heavy (non-hydrogen) atoms. The molecule has 1 aliphatic rings. The Kier molecular flexibility index (Phi) is 4.34. The van der Waals surface area contributed by atoms with Crippen molar-refractivity contribution in [2.45, 2.75) is 19.5 Å². The van der Waals surface area contributed by atoms with Crippen LogP contribution in [0.3, 0.4) is 0 Å². The normalized spacial score (nSPS) is 14.2. The maximum absolute atomic E-state index is 13.6. The van der Waals surface area contributed by atoms with Crippen LogP contribution in [0.25, 0.3) is 10.9 Å². The topological polar surface area (TPSA) is 28.3 Å². The van der Waals surface area contributed by atoms with Crippen LogP contribution in [0, 0.1) is 5.82 Å². The Bertz CT molecular complexity index is 1120. The van der Waals surface area contributed by atoms with Gasteiger partial charge in [-0.2, -0.15) is 0 Å². The summed E-state index contributed by atoms with van der Waals surface area (Å²) < 4.78 is 19.6. The molecule has 0 unspecified atom stereocenters.